The molecule has 0 aliphatic heterocycles. The van der Waals surface area contributed by atoms with Gasteiger partial charge in [-0.3, -0.25) is 9.59 Å². The van der Waals surface area contributed by atoms with Gasteiger partial charge in [-0.2, -0.15) is 0 Å². The zero-order valence-corrected chi connectivity index (χ0v) is 15.1. The Kier molecular flexibility index (Phi) is 4.24. The molecule has 4 nitrogen and oxygen atoms in total. The second-order valence-electron chi connectivity index (χ2n) is 6.92. The zero-order valence-electron chi connectivity index (χ0n) is 15.1. The molecular weight excluding hydrogens is 340 g/mol. The lowest BCUT2D eigenvalue weighted by Gasteiger charge is -2.49. The molecule has 0 aromatic heterocycles. The van der Waals surface area contributed by atoms with Crippen molar-refractivity contribution in [2.75, 3.05) is 13.2 Å². The predicted molar refractivity (Wildman–Crippen MR) is 100 cm³/mol. The smallest absolute Gasteiger partial charge is 0.325 e. The highest BCUT2D eigenvalue weighted by Crippen LogP contribution is 2.61. The SMILES string of the molecule is C#CCOC(=O)C1(C(=O)OCC)CC2c3ccccc3C1c1ccccc12. The maximum Gasteiger partial charge on any atom is 0.325 e. The fourth-order valence-electron chi connectivity index (χ4n) is 4.69. The van der Waals surface area contributed by atoms with Gasteiger partial charge >= 0.3 is 11.9 Å². The van der Waals surface area contributed by atoms with Crippen LogP contribution < -0.4 is 0 Å². The molecule has 5 rings (SSSR count). The number of hydrogen-bond acceptors (Lipinski definition) is 4. The third kappa shape index (κ3) is 2.39. The summed E-state index contributed by atoms with van der Waals surface area (Å²) in [5.41, 5.74) is 2.87. The van der Waals surface area contributed by atoms with E-state index in [0.717, 1.165) is 22.3 Å². The van der Waals surface area contributed by atoms with Crippen LogP contribution in [0.5, 0.6) is 0 Å². The summed E-state index contributed by atoms with van der Waals surface area (Å²) in [7, 11) is 0. The Morgan fingerprint density at radius 1 is 1.00 bits per heavy atom. The molecule has 0 amide bonds. The summed E-state index contributed by atoms with van der Waals surface area (Å²) in [6, 6.07) is 16.0. The lowest BCUT2D eigenvalue weighted by molar-refractivity contribution is -0.175. The molecule has 1 atom stereocenters. The second kappa shape index (κ2) is 6.59. The Morgan fingerprint density at radius 2 is 1.52 bits per heavy atom. The fraction of sp³-hybridized carbons (Fsp3) is 0.304. The molecule has 3 aliphatic carbocycles. The lowest BCUT2D eigenvalue weighted by atomic mass is 9.52. The van der Waals surface area contributed by atoms with E-state index in [9.17, 15) is 9.59 Å². The molecule has 1 unspecified atom stereocenters. The normalized spacial score (nSPS) is 24.3. The van der Waals surface area contributed by atoms with Crippen molar-refractivity contribution in [3.8, 4) is 12.3 Å². The molecule has 2 aromatic carbocycles. The van der Waals surface area contributed by atoms with Crippen LogP contribution in [-0.2, 0) is 19.1 Å². The zero-order chi connectivity index (χ0) is 19.0. The number of fused-ring (bicyclic) bond motifs is 1. The highest BCUT2D eigenvalue weighted by atomic mass is 16.6. The number of carbonyl (C=O) groups is 2. The number of esters is 2. The van der Waals surface area contributed by atoms with Gasteiger partial charge in [0.15, 0.2) is 12.0 Å². The van der Waals surface area contributed by atoms with E-state index in [4.69, 9.17) is 15.9 Å². The van der Waals surface area contributed by atoms with E-state index < -0.39 is 23.3 Å². The van der Waals surface area contributed by atoms with Gasteiger partial charge in [0.25, 0.3) is 0 Å². The van der Waals surface area contributed by atoms with E-state index >= 15 is 0 Å². The first-order chi connectivity index (χ1) is 13.1. The van der Waals surface area contributed by atoms with Crippen LogP contribution in [0.3, 0.4) is 0 Å². The van der Waals surface area contributed by atoms with Crippen LogP contribution in [0.1, 0.15) is 47.4 Å². The number of ether oxygens (including phenoxy) is 2. The topological polar surface area (TPSA) is 52.6 Å². The summed E-state index contributed by atoms with van der Waals surface area (Å²) in [5.74, 6) is 0.668. The number of benzene rings is 2. The van der Waals surface area contributed by atoms with E-state index in [-0.39, 0.29) is 19.1 Å². The molecule has 27 heavy (non-hydrogen) atoms. The third-order valence-corrected chi connectivity index (χ3v) is 5.67. The molecule has 136 valence electrons. The van der Waals surface area contributed by atoms with Gasteiger partial charge in [-0.15, -0.1) is 6.42 Å². The van der Waals surface area contributed by atoms with Crippen LogP contribution in [-0.4, -0.2) is 25.2 Å². The van der Waals surface area contributed by atoms with Gasteiger partial charge in [0.1, 0.15) is 0 Å². The monoisotopic (exact) mass is 360 g/mol. The molecule has 0 saturated carbocycles. The summed E-state index contributed by atoms with van der Waals surface area (Å²) in [5, 5.41) is 0. The predicted octanol–water partition coefficient (Wildman–Crippen LogP) is 3.39. The van der Waals surface area contributed by atoms with E-state index in [1.165, 1.54) is 0 Å². The minimum atomic E-state index is -1.42. The number of hydrogen-bond donors (Lipinski definition) is 0. The molecule has 0 N–H and O–H groups in total. The Hall–Kier alpha value is -3.06. The standard InChI is InChI=1S/C23H20O4/c1-3-13-27-22(25)23(21(24)26-4-2)14-19-15-9-5-7-11-17(15)20(23)18-12-8-6-10-16(18)19/h1,5-12,19-20H,4,13-14H2,2H3. The van der Waals surface area contributed by atoms with Crippen molar-refractivity contribution in [1.29, 1.82) is 0 Å². The van der Waals surface area contributed by atoms with Crippen molar-refractivity contribution in [2.24, 2.45) is 5.41 Å². The van der Waals surface area contributed by atoms with Gasteiger partial charge < -0.3 is 9.47 Å². The van der Waals surface area contributed by atoms with Gasteiger partial charge in [0.2, 0.25) is 0 Å². The Balaban J connectivity index is 1.95. The van der Waals surface area contributed by atoms with Crippen molar-refractivity contribution >= 4 is 11.9 Å². The molecule has 0 fully saturated rings. The second-order valence-corrected chi connectivity index (χ2v) is 6.92. The summed E-state index contributed by atoms with van der Waals surface area (Å²) in [4.78, 5) is 26.3. The van der Waals surface area contributed by atoms with Crippen LogP contribution in [0.4, 0.5) is 0 Å². The molecule has 4 heteroatoms. The maximum atomic E-state index is 13.2. The highest BCUT2D eigenvalue weighted by Gasteiger charge is 2.63. The van der Waals surface area contributed by atoms with Crippen molar-refractivity contribution < 1.29 is 19.1 Å². The first kappa shape index (κ1) is 17.4. The Labute approximate surface area is 158 Å². The summed E-state index contributed by atoms with van der Waals surface area (Å²) >= 11 is 0. The van der Waals surface area contributed by atoms with Gasteiger partial charge in [-0.05, 0) is 35.6 Å². The van der Waals surface area contributed by atoms with Crippen molar-refractivity contribution in [3.63, 3.8) is 0 Å². The average Bonchev–Trinajstić information content (AvgIpc) is 2.72. The molecule has 0 spiro atoms. The van der Waals surface area contributed by atoms with E-state index in [1.807, 2.05) is 36.4 Å². The van der Waals surface area contributed by atoms with E-state index in [2.05, 4.69) is 18.1 Å². The third-order valence-electron chi connectivity index (χ3n) is 5.67. The fourth-order valence-corrected chi connectivity index (χ4v) is 4.69. The van der Waals surface area contributed by atoms with Crippen molar-refractivity contribution in [3.05, 3.63) is 70.8 Å². The van der Waals surface area contributed by atoms with Crippen LogP contribution >= 0.6 is 0 Å². The highest BCUT2D eigenvalue weighted by molar-refractivity contribution is 6.03. The average molecular weight is 360 g/mol. The molecular formula is C23H20O4. The van der Waals surface area contributed by atoms with Crippen molar-refractivity contribution in [1.82, 2.24) is 0 Å². The molecule has 2 aromatic rings. The Morgan fingerprint density at radius 3 is 2.04 bits per heavy atom. The van der Waals surface area contributed by atoms with Crippen LogP contribution in [0, 0.1) is 17.8 Å². The van der Waals surface area contributed by atoms with Gasteiger partial charge in [0.05, 0.1) is 6.61 Å². The van der Waals surface area contributed by atoms with Gasteiger partial charge in [-0.1, -0.05) is 54.5 Å². The van der Waals surface area contributed by atoms with Crippen LogP contribution in [0.25, 0.3) is 0 Å². The largest absolute Gasteiger partial charge is 0.465 e. The molecule has 0 saturated heterocycles. The number of terminal acetylenes is 1. The molecule has 0 heterocycles. The minimum Gasteiger partial charge on any atom is -0.465 e. The summed E-state index contributed by atoms with van der Waals surface area (Å²) in [6.07, 6.45) is 5.60. The number of rotatable bonds is 4. The Bertz CT molecular complexity index is 907. The van der Waals surface area contributed by atoms with E-state index in [0.29, 0.717) is 6.42 Å². The van der Waals surface area contributed by atoms with Gasteiger partial charge in [0, 0.05) is 11.8 Å². The molecule has 3 aliphatic rings. The summed E-state index contributed by atoms with van der Waals surface area (Å²) < 4.78 is 10.7. The van der Waals surface area contributed by atoms with E-state index in [1.54, 1.807) is 6.92 Å². The molecule has 0 radical (unpaired) electrons. The summed E-state index contributed by atoms with van der Waals surface area (Å²) in [6.45, 7) is 1.77. The minimum absolute atomic E-state index is 0.0646. The lowest BCUT2D eigenvalue weighted by Crippen LogP contribution is -2.53. The quantitative estimate of drug-likeness (QED) is 0.476. The first-order valence-corrected chi connectivity index (χ1v) is 9.10. The van der Waals surface area contributed by atoms with Gasteiger partial charge in [-0.25, -0.2) is 0 Å². The molecule has 2 bridgehead atoms. The number of carbonyl (C=O) groups excluding carboxylic acids is 2. The van der Waals surface area contributed by atoms with Crippen LogP contribution in [0.2, 0.25) is 0 Å². The van der Waals surface area contributed by atoms with Crippen molar-refractivity contribution in [2.45, 2.75) is 25.2 Å². The maximum absolute atomic E-state index is 13.2. The first-order valence-electron chi connectivity index (χ1n) is 9.10. The van der Waals surface area contributed by atoms with Crippen LogP contribution in [0.15, 0.2) is 48.5 Å².